The van der Waals surface area contributed by atoms with E-state index in [1.165, 1.54) is 0 Å². The molecule has 2 amide bonds. The first-order chi connectivity index (χ1) is 9.13. The Hall–Kier alpha value is -1.10. The van der Waals surface area contributed by atoms with Crippen molar-refractivity contribution < 1.29 is 9.59 Å². The van der Waals surface area contributed by atoms with E-state index in [1.807, 2.05) is 6.92 Å². The molecule has 0 spiro atoms. The Bertz CT molecular complexity index is 288. The third-order valence-corrected chi connectivity index (χ3v) is 3.56. The van der Waals surface area contributed by atoms with E-state index in [4.69, 9.17) is 5.73 Å². The predicted molar refractivity (Wildman–Crippen MR) is 75.5 cm³/mol. The molecule has 0 aromatic carbocycles. The van der Waals surface area contributed by atoms with Gasteiger partial charge in [-0.2, -0.15) is 0 Å². The highest BCUT2D eigenvalue weighted by atomic mass is 16.2. The van der Waals surface area contributed by atoms with Crippen molar-refractivity contribution in [2.75, 3.05) is 13.1 Å². The molecule has 1 aliphatic carbocycles. The van der Waals surface area contributed by atoms with E-state index < -0.39 is 0 Å². The van der Waals surface area contributed by atoms with Gasteiger partial charge in [0.1, 0.15) is 0 Å². The molecular weight excluding hydrogens is 242 g/mol. The van der Waals surface area contributed by atoms with Crippen molar-refractivity contribution in [2.45, 2.75) is 57.9 Å². The first-order valence-electron chi connectivity index (χ1n) is 7.40. The first-order valence-corrected chi connectivity index (χ1v) is 7.40. The molecule has 0 aliphatic heterocycles. The van der Waals surface area contributed by atoms with E-state index in [0.29, 0.717) is 19.5 Å². The van der Waals surface area contributed by atoms with Gasteiger partial charge >= 0.3 is 0 Å². The highest BCUT2D eigenvalue weighted by molar-refractivity contribution is 5.81. The zero-order valence-electron chi connectivity index (χ0n) is 11.9. The molecule has 1 saturated carbocycles. The molecule has 1 fully saturated rings. The van der Waals surface area contributed by atoms with Gasteiger partial charge in [0.2, 0.25) is 11.8 Å². The first kappa shape index (κ1) is 16.0. The summed E-state index contributed by atoms with van der Waals surface area (Å²) >= 11 is 0. The number of hydrogen-bond acceptors (Lipinski definition) is 3. The average molecular weight is 269 g/mol. The number of carbonyl (C=O) groups excluding carboxylic acids is 2. The summed E-state index contributed by atoms with van der Waals surface area (Å²) < 4.78 is 0. The summed E-state index contributed by atoms with van der Waals surface area (Å²) in [5.74, 6) is 0.271. The van der Waals surface area contributed by atoms with Gasteiger partial charge in [-0.3, -0.25) is 9.59 Å². The predicted octanol–water partition coefficient (Wildman–Crippen LogP) is 0.927. The minimum Gasteiger partial charge on any atom is -0.356 e. The fourth-order valence-corrected chi connectivity index (χ4v) is 2.45. The summed E-state index contributed by atoms with van der Waals surface area (Å²) in [6.45, 7) is 3.20. The SMILES string of the molecule is CC(CC(=O)NCCCCN)NC(=O)C1CCCC1. The Morgan fingerprint density at radius 3 is 2.58 bits per heavy atom. The Morgan fingerprint density at radius 2 is 1.95 bits per heavy atom. The summed E-state index contributed by atoms with van der Waals surface area (Å²) in [4.78, 5) is 23.5. The standard InChI is InChI=1S/C14H27N3O2/c1-11(10-13(18)16-9-5-4-8-15)17-14(19)12-6-2-3-7-12/h11-12H,2-10,15H2,1H3,(H,16,18)(H,17,19). The molecule has 4 N–H and O–H groups in total. The molecule has 110 valence electrons. The number of amides is 2. The minimum atomic E-state index is -0.0948. The van der Waals surface area contributed by atoms with Crippen LogP contribution in [-0.4, -0.2) is 30.9 Å². The van der Waals surface area contributed by atoms with Crippen LogP contribution in [0.1, 0.15) is 51.9 Å². The van der Waals surface area contributed by atoms with Crippen LogP contribution in [0, 0.1) is 5.92 Å². The van der Waals surface area contributed by atoms with Crippen molar-refractivity contribution in [1.29, 1.82) is 0 Å². The molecule has 0 radical (unpaired) electrons. The quantitative estimate of drug-likeness (QED) is 0.573. The van der Waals surface area contributed by atoms with Crippen molar-refractivity contribution in [1.82, 2.24) is 10.6 Å². The van der Waals surface area contributed by atoms with Crippen LogP contribution in [0.3, 0.4) is 0 Å². The normalized spacial score (nSPS) is 17.2. The molecule has 0 aromatic heterocycles. The molecule has 19 heavy (non-hydrogen) atoms. The second-order valence-electron chi connectivity index (χ2n) is 5.44. The molecule has 0 heterocycles. The molecule has 0 saturated heterocycles. The number of carbonyl (C=O) groups is 2. The van der Waals surface area contributed by atoms with Gasteiger partial charge in [-0.05, 0) is 39.2 Å². The van der Waals surface area contributed by atoms with Crippen molar-refractivity contribution in [3.05, 3.63) is 0 Å². The van der Waals surface area contributed by atoms with Crippen LogP contribution in [0.2, 0.25) is 0 Å². The number of nitrogens with one attached hydrogen (secondary N) is 2. The zero-order valence-corrected chi connectivity index (χ0v) is 11.9. The van der Waals surface area contributed by atoms with E-state index in [2.05, 4.69) is 10.6 Å². The van der Waals surface area contributed by atoms with Crippen LogP contribution in [0.15, 0.2) is 0 Å². The average Bonchev–Trinajstić information content (AvgIpc) is 2.88. The Kier molecular flexibility index (Phi) is 7.48. The number of unbranched alkanes of at least 4 members (excludes halogenated alkanes) is 1. The maximum atomic E-state index is 11.9. The lowest BCUT2D eigenvalue weighted by molar-refractivity contribution is -0.126. The highest BCUT2D eigenvalue weighted by Crippen LogP contribution is 2.24. The monoisotopic (exact) mass is 269 g/mol. The van der Waals surface area contributed by atoms with Crippen molar-refractivity contribution in [3.8, 4) is 0 Å². The second-order valence-corrected chi connectivity index (χ2v) is 5.44. The van der Waals surface area contributed by atoms with Gasteiger partial charge in [-0.15, -0.1) is 0 Å². The van der Waals surface area contributed by atoms with Crippen LogP contribution in [-0.2, 0) is 9.59 Å². The Morgan fingerprint density at radius 1 is 1.26 bits per heavy atom. The summed E-state index contributed by atoms with van der Waals surface area (Å²) in [7, 11) is 0. The van der Waals surface area contributed by atoms with Gasteiger partial charge in [-0.25, -0.2) is 0 Å². The third kappa shape index (κ3) is 6.57. The molecule has 1 atom stereocenters. The zero-order chi connectivity index (χ0) is 14.1. The van der Waals surface area contributed by atoms with Crippen molar-refractivity contribution >= 4 is 11.8 Å². The van der Waals surface area contributed by atoms with Gasteiger partial charge in [0, 0.05) is 24.9 Å². The topological polar surface area (TPSA) is 84.2 Å². The van der Waals surface area contributed by atoms with Crippen molar-refractivity contribution in [2.24, 2.45) is 11.7 Å². The highest BCUT2D eigenvalue weighted by Gasteiger charge is 2.23. The maximum Gasteiger partial charge on any atom is 0.223 e. The molecule has 5 heteroatoms. The second kappa shape index (κ2) is 8.91. The maximum absolute atomic E-state index is 11.9. The fourth-order valence-electron chi connectivity index (χ4n) is 2.45. The van der Waals surface area contributed by atoms with Crippen LogP contribution >= 0.6 is 0 Å². The van der Waals surface area contributed by atoms with Gasteiger partial charge in [0.05, 0.1) is 0 Å². The van der Waals surface area contributed by atoms with E-state index in [0.717, 1.165) is 38.5 Å². The van der Waals surface area contributed by atoms with Crippen LogP contribution in [0.25, 0.3) is 0 Å². The summed E-state index contributed by atoms with van der Waals surface area (Å²) in [5, 5.41) is 5.78. The molecule has 0 aromatic rings. The minimum absolute atomic E-state index is 0.00348. The summed E-state index contributed by atoms with van der Waals surface area (Å²) in [5.41, 5.74) is 5.38. The number of nitrogens with two attached hydrogens (primary N) is 1. The van der Waals surface area contributed by atoms with E-state index in [9.17, 15) is 9.59 Å². The van der Waals surface area contributed by atoms with Gasteiger partial charge in [0.25, 0.3) is 0 Å². The van der Waals surface area contributed by atoms with Crippen LogP contribution in [0.5, 0.6) is 0 Å². The number of hydrogen-bond donors (Lipinski definition) is 3. The smallest absolute Gasteiger partial charge is 0.223 e. The number of rotatable bonds is 8. The fraction of sp³-hybridized carbons (Fsp3) is 0.857. The molecular formula is C14H27N3O2. The van der Waals surface area contributed by atoms with E-state index in [1.54, 1.807) is 0 Å². The summed E-state index contributed by atoms with van der Waals surface area (Å²) in [6.07, 6.45) is 6.45. The van der Waals surface area contributed by atoms with Crippen LogP contribution < -0.4 is 16.4 Å². The van der Waals surface area contributed by atoms with Gasteiger partial charge in [-0.1, -0.05) is 12.8 Å². The molecule has 5 nitrogen and oxygen atoms in total. The molecule has 1 rings (SSSR count). The summed E-state index contributed by atoms with van der Waals surface area (Å²) in [6, 6.07) is -0.0948. The van der Waals surface area contributed by atoms with Crippen molar-refractivity contribution in [3.63, 3.8) is 0 Å². The molecule has 1 aliphatic rings. The van der Waals surface area contributed by atoms with Gasteiger partial charge in [0.15, 0.2) is 0 Å². The molecule has 1 unspecified atom stereocenters. The van der Waals surface area contributed by atoms with E-state index >= 15 is 0 Å². The lowest BCUT2D eigenvalue weighted by atomic mass is 10.1. The van der Waals surface area contributed by atoms with Crippen LogP contribution in [0.4, 0.5) is 0 Å². The largest absolute Gasteiger partial charge is 0.356 e. The lowest BCUT2D eigenvalue weighted by Crippen LogP contribution is -2.40. The Balaban J connectivity index is 2.13. The Labute approximate surface area is 115 Å². The van der Waals surface area contributed by atoms with Gasteiger partial charge < -0.3 is 16.4 Å². The van der Waals surface area contributed by atoms with E-state index in [-0.39, 0.29) is 23.8 Å². The lowest BCUT2D eigenvalue weighted by Gasteiger charge is -2.16. The third-order valence-electron chi connectivity index (χ3n) is 3.56. The molecule has 0 bridgehead atoms.